The first-order chi connectivity index (χ1) is 9.84. The van der Waals surface area contributed by atoms with Gasteiger partial charge in [0.15, 0.2) is 0 Å². The fourth-order valence-electron chi connectivity index (χ4n) is 1.23. The molecule has 0 aromatic heterocycles. The van der Waals surface area contributed by atoms with Crippen molar-refractivity contribution in [2.75, 3.05) is 6.61 Å². The van der Waals surface area contributed by atoms with E-state index in [1.807, 2.05) is 0 Å². The Morgan fingerprint density at radius 1 is 1.29 bits per heavy atom. The minimum Gasteiger partial charge on any atom is -0.462 e. The molecule has 0 unspecified atom stereocenters. The SMILES string of the molecule is C#C.C=CC/C(=C\C(=C/CC)C(=O)OCC)OC(F)(F)F. The Hall–Kier alpha value is -2.16. The largest absolute Gasteiger partial charge is 0.572 e. The van der Waals surface area contributed by atoms with Gasteiger partial charge in [-0.2, -0.15) is 0 Å². The Kier molecular flexibility index (Phi) is 11.7. The molecule has 6 heteroatoms. The number of hydrogen-bond donors (Lipinski definition) is 0. The zero-order valence-electron chi connectivity index (χ0n) is 12.1. The van der Waals surface area contributed by atoms with Gasteiger partial charge in [0.2, 0.25) is 0 Å². The van der Waals surface area contributed by atoms with Gasteiger partial charge in [0, 0.05) is 6.42 Å². The first kappa shape index (κ1) is 21.1. The van der Waals surface area contributed by atoms with Crippen molar-refractivity contribution >= 4 is 5.97 Å². The second kappa shape index (κ2) is 11.6. The number of rotatable bonds is 7. The van der Waals surface area contributed by atoms with Gasteiger partial charge in [-0.25, -0.2) is 4.79 Å². The average Bonchev–Trinajstić information content (AvgIpc) is 2.39. The molecule has 0 radical (unpaired) electrons. The van der Waals surface area contributed by atoms with Crippen LogP contribution in [0.2, 0.25) is 0 Å². The van der Waals surface area contributed by atoms with Crippen LogP contribution < -0.4 is 0 Å². The summed E-state index contributed by atoms with van der Waals surface area (Å²) in [5.41, 5.74) is 0.0328. The molecule has 0 amide bonds. The third-order valence-corrected chi connectivity index (χ3v) is 1.84. The summed E-state index contributed by atoms with van der Waals surface area (Å²) >= 11 is 0. The summed E-state index contributed by atoms with van der Waals surface area (Å²) in [4.78, 5) is 11.5. The number of allylic oxidation sites excluding steroid dienone is 2. The summed E-state index contributed by atoms with van der Waals surface area (Å²) in [7, 11) is 0. The Labute approximate surface area is 123 Å². The molecule has 0 aromatic carbocycles. The van der Waals surface area contributed by atoms with Crippen LogP contribution in [0, 0.1) is 12.8 Å². The summed E-state index contributed by atoms with van der Waals surface area (Å²) in [6, 6.07) is 0. The maximum atomic E-state index is 12.2. The van der Waals surface area contributed by atoms with Crippen LogP contribution in [0.5, 0.6) is 0 Å². The fraction of sp³-hybridized carbons (Fsp3) is 0.400. The molecule has 0 heterocycles. The van der Waals surface area contributed by atoms with E-state index in [1.165, 1.54) is 12.2 Å². The molecule has 0 bridgehead atoms. The second-order valence-electron chi connectivity index (χ2n) is 3.44. The summed E-state index contributed by atoms with van der Waals surface area (Å²) in [5.74, 6) is -1.09. The van der Waals surface area contributed by atoms with Gasteiger partial charge in [-0.05, 0) is 19.4 Å². The maximum absolute atomic E-state index is 12.2. The zero-order valence-corrected chi connectivity index (χ0v) is 12.1. The molecule has 3 nitrogen and oxygen atoms in total. The number of alkyl halides is 3. The molecule has 0 N–H and O–H groups in total. The van der Waals surface area contributed by atoms with Crippen LogP contribution in [-0.4, -0.2) is 18.9 Å². The predicted octanol–water partition coefficient (Wildman–Crippen LogP) is 4.13. The van der Waals surface area contributed by atoms with Gasteiger partial charge < -0.3 is 9.47 Å². The Morgan fingerprint density at radius 3 is 2.24 bits per heavy atom. The van der Waals surface area contributed by atoms with E-state index in [2.05, 4.69) is 24.2 Å². The Bertz CT molecular complexity index is 404. The lowest BCUT2D eigenvalue weighted by atomic mass is 10.1. The van der Waals surface area contributed by atoms with Crippen molar-refractivity contribution < 1.29 is 27.4 Å². The fourth-order valence-corrected chi connectivity index (χ4v) is 1.23. The van der Waals surface area contributed by atoms with E-state index in [0.717, 1.165) is 6.08 Å². The van der Waals surface area contributed by atoms with Crippen LogP contribution in [0.15, 0.2) is 36.1 Å². The highest BCUT2D eigenvalue weighted by Gasteiger charge is 2.32. The molecule has 0 atom stereocenters. The van der Waals surface area contributed by atoms with Gasteiger partial charge in [0.25, 0.3) is 0 Å². The molecule has 118 valence electrons. The lowest BCUT2D eigenvalue weighted by Gasteiger charge is -2.12. The van der Waals surface area contributed by atoms with Gasteiger partial charge in [-0.3, -0.25) is 0 Å². The lowest BCUT2D eigenvalue weighted by molar-refractivity contribution is -0.306. The van der Waals surface area contributed by atoms with E-state index in [4.69, 9.17) is 4.74 Å². The number of carbonyl (C=O) groups is 1. The van der Waals surface area contributed by atoms with E-state index in [9.17, 15) is 18.0 Å². The second-order valence-corrected chi connectivity index (χ2v) is 3.44. The van der Waals surface area contributed by atoms with Gasteiger partial charge in [0.1, 0.15) is 5.76 Å². The normalized spacial score (nSPS) is 12.0. The molecule has 0 aromatic rings. The lowest BCUT2D eigenvalue weighted by Crippen LogP contribution is -2.14. The minimum atomic E-state index is -4.80. The van der Waals surface area contributed by atoms with E-state index in [0.29, 0.717) is 6.42 Å². The number of carbonyl (C=O) groups excluding carboxylic acids is 1. The van der Waals surface area contributed by atoms with Crippen molar-refractivity contribution in [3.8, 4) is 12.8 Å². The van der Waals surface area contributed by atoms with Crippen molar-refractivity contribution in [1.82, 2.24) is 0 Å². The Balaban J connectivity index is 0. The first-order valence-electron chi connectivity index (χ1n) is 6.11. The predicted molar refractivity (Wildman–Crippen MR) is 74.9 cm³/mol. The Morgan fingerprint density at radius 2 is 1.86 bits per heavy atom. The van der Waals surface area contributed by atoms with Crippen LogP contribution in [0.3, 0.4) is 0 Å². The molecule has 0 aliphatic carbocycles. The zero-order chi connectivity index (χ0) is 16.9. The number of esters is 1. The number of terminal acetylenes is 1. The van der Waals surface area contributed by atoms with Gasteiger partial charge in [-0.1, -0.05) is 19.1 Å². The van der Waals surface area contributed by atoms with Crippen molar-refractivity contribution in [3.05, 3.63) is 36.1 Å². The van der Waals surface area contributed by atoms with Crippen LogP contribution >= 0.6 is 0 Å². The number of halogens is 3. The first-order valence-corrected chi connectivity index (χ1v) is 6.11. The van der Waals surface area contributed by atoms with E-state index in [-0.39, 0.29) is 18.6 Å². The molecule has 0 aliphatic rings. The van der Waals surface area contributed by atoms with Crippen molar-refractivity contribution in [3.63, 3.8) is 0 Å². The summed E-state index contributed by atoms with van der Waals surface area (Å²) < 4.78 is 45.1. The summed E-state index contributed by atoms with van der Waals surface area (Å²) in [6.07, 6.45) is 7.29. The van der Waals surface area contributed by atoms with Crippen molar-refractivity contribution in [1.29, 1.82) is 0 Å². The molecule has 21 heavy (non-hydrogen) atoms. The highest BCUT2D eigenvalue weighted by Crippen LogP contribution is 2.24. The minimum absolute atomic E-state index is 0.0328. The topological polar surface area (TPSA) is 35.5 Å². The van der Waals surface area contributed by atoms with E-state index >= 15 is 0 Å². The molecule has 0 aliphatic heterocycles. The van der Waals surface area contributed by atoms with Crippen molar-refractivity contribution in [2.45, 2.75) is 33.1 Å². The summed E-state index contributed by atoms with van der Waals surface area (Å²) in [6.45, 7) is 6.85. The quantitative estimate of drug-likeness (QED) is 0.177. The average molecular weight is 304 g/mol. The number of hydrogen-bond acceptors (Lipinski definition) is 3. The van der Waals surface area contributed by atoms with Gasteiger partial charge in [-0.15, -0.1) is 32.6 Å². The van der Waals surface area contributed by atoms with Crippen LogP contribution in [0.1, 0.15) is 26.7 Å². The highest BCUT2D eigenvalue weighted by molar-refractivity contribution is 5.91. The monoisotopic (exact) mass is 304 g/mol. The highest BCUT2D eigenvalue weighted by atomic mass is 19.4. The smallest absolute Gasteiger partial charge is 0.462 e. The van der Waals surface area contributed by atoms with Crippen molar-refractivity contribution in [2.24, 2.45) is 0 Å². The molecular formula is C15H19F3O3. The van der Waals surface area contributed by atoms with Crippen LogP contribution in [0.25, 0.3) is 0 Å². The third kappa shape index (κ3) is 11.4. The molecule has 0 spiro atoms. The standard InChI is InChI=1S/C13H17F3O3.C2H2/c1-4-7-10(12(17)18-6-3)9-11(8-5-2)19-13(14,15)16;1-2/h5,7,9H,2,4,6,8H2,1,3H3;1-2H/b10-7+,11-9+;. The third-order valence-electron chi connectivity index (χ3n) is 1.84. The number of ether oxygens (including phenoxy) is 2. The van der Waals surface area contributed by atoms with Crippen LogP contribution in [0.4, 0.5) is 13.2 Å². The summed E-state index contributed by atoms with van der Waals surface area (Å²) in [5, 5.41) is 0. The molecule has 0 saturated heterocycles. The van der Waals surface area contributed by atoms with E-state index < -0.39 is 18.1 Å². The molecular weight excluding hydrogens is 285 g/mol. The molecule has 0 saturated carbocycles. The van der Waals surface area contributed by atoms with E-state index in [1.54, 1.807) is 13.8 Å². The van der Waals surface area contributed by atoms with Gasteiger partial charge >= 0.3 is 12.3 Å². The molecule has 0 rings (SSSR count). The maximum Gasteiger partial charge on any atom is 0.572 e. The van der Waals surface area contributed by atoms with Gasteiger partial charge in [0.05, 0.1) is 12.2 Å². The van der Waals surface area contributed by atoms with Crippen LogP contribution in [-0.2, 0) is 14.3 Å². The molecule has 0 fully saturated rings.